The Morgan fingerprint density at radius 3 is 2.84 bits per heavy atom. The van der Waals surface area contributed by atoms with Gasteiger partial charge in [0, 0.05) is 0 Å². The summed E-state index contributed by atoms with van der Waals surface area (Å²) >= 11 is 6.04. The number of amides is 1. The van der Waals surface area contributed by atoms with Crippen molar-refractivity contribution in [3.05, 3.63) is 23.2 Å². The number of nitrogens with one attached hydrogen (secondary N) is 2. The second-order valence-corrected chi connectivity index (χ2v) is 5.45. The van der Waals surface area contributed by atoms with Crippen LogP contribution in [0.1, 0.15) is 25.7 Å². The van der Waals surface area contributed by atoms with E-state index in [4.69, 9.17) is 17.3 Å². The average molecular weight is 279 g/mol. The topological polar surface area (TPSA) is 83.8 Å². The molecule has 3 rings (SSSR count). The van der Waals surface area contributed by atoms with E-state index in [-0.39, 0.29) is 5.91 Å². The van der Waals surface area contributed by atoms with E-state index in [2.05, 4.69) is 15.3 Å². The molecule has 4 N–H and O–H groups in total. The number of H-pyrrole nitrogens is 1. The molecule has 0 atom stereocenters. The van der Waals surface area contributed by atoms with Gasteiger partial charge >= 0.3 is 0 Å². The van der Waals surface area contributed by atoms with Gasteiger partial charge in [-0.25, -0.2) is 4.98 Å². The van der Waals surface area contributed by atoms with E-state index >= 15 is 0 Å². The molecule has 0 radical (unpaired) electrons. The van der Waals surface area contributed by atoms with E-state index in [1.807, 2.05) is 12.1 Å². The van der Waals surface area contributed by atoms with Crippen molar-refractivity contribution in [3.8, 4) is 0 Å². The van der Waals surface area contributed by atoms with Crippen LogP contribution in [0.2, 0.25) is 5.02 Å². The van der Waals surface area contributed by atoms with Crippen molar-refractivity contribution >= 4 is 34.5 Å². The van der Waals surface area contributed by atoms with Crippen LogP contribution < -0.4 is 11.1 Å². The van der Waals surface area contributed by atoms with Gasteiger partial charge in [0.25, 0.3) is 0 Å². The number of imidazole rings is 1. The van der Waals surface area contributed by atoms with Crippen LogP contribution in [0.3, 0.4) is 0 Å². The molecule has 19 heavy (non-hydrogen) atoms. The van der Waals surface area contributed by atoms with Crippen molar-refractivity contribution in [1.29, 1.82) is 0 Å². The van der Waals surface area contributed by atoms with Crippen molar-refractivity contribution < 1.29 is 4.79 Å². The molecular weight excluding hydrogens is 264 g/mol. The average Bonchev–Trinajstić information content (AvgIpc) is 2.97. The van der Waals surface area contributed by atoms with Gasteiger partial charge in [0.15, 0.2) is 0 Å². The Hall–Kier alpha value is -1.59. The SMILES string of the molecule is NC1(C(=O)Nc2nc3c(Cl)cccc3[nH]2)CCCC1. The predicted molar refractivity (Wildman–Crippen MR) is 75.1 cm³/mol. The second-order valence-electron chi connectivity index (χ2n) is 5.04. The fraction of sp³-hybridized carbons (Fsp3) is 0.385. The molecule has 0 spiro atoms. The lowest BCUT2D eigenvalue weighted by Gasteiger charge is -2.21. The number of fused-ring (bicyclic) bond motifs is 1. The fourth-order valence-corrected chi connectivity index (χ4v) is 2.74. The number of hydrogen-bond acceptors (Lipinski definition) is 3. The Bertz CT molecular complexity index is 631. The zero-order valence-corrected chi connectivity index (χ0v) is 11.1. The molecule has 6 heteroatoms. The summed E-state index contributed by atoms with van der Waals surface area (Å²) in [6.07, 6.45) is 3.44. The number of carbonyl (C=O) groups excluding carboxylic acids is 1. The lowest BCUT2D eigenvalue weighted by Crippen LogP contribution is -2.48. The molecule has 1 aliphatic carbocycles. The molecule has 5 nitrogen and oxygen atoms in total. The summed E-state index contributed by atoms with van der Waals surface area (Å²) in [5.74, 6) is 0.213. The van der Waals surface area contributed by atoms with Crippen molar-refractivity contribution in [2.75, 3.05) is 5.32 Å². The molecular formula is C13H15ClN4O. The number of aromatic nitrogens is 2. The maximum Gasteiger partial charge on any atom is 0.246 e. The molecule has 2 aromatic rings. The monoisotopic (exact) mass is 278 g/mol. The number of nitrogens with zero attached hydrogens (tertiary/aromatic N) is 1. The van der Waals surface area contributed by atoms with Gasteiger partial charge in [0.1, 0.15) is 5.52 Å². The number of anilines is 1. The van der Waals surface area contributed by atoms with Gasteiger partial charge in [-0.05, 0) is 25.0 Å². The highest BCUT2D eigenvalue weighted by Gasteiger charge is 2.37. The number of halogens is 1. The first-order chi connectivity index (χ1) is 9.08. The Balaban J connectivity index is 1.85. The number of hydrogen-bond donors (Lipinski definition) is 3. The largest absolute Gasteiger partial charge is 0.324 e. The number of benzene rings is 1. The molecule has 100 valence electrons. The molecule has 1 aromatic heterocycles. The number of para-hydroxylation sites is 1. The second kappa shape index (κ2) is 4.51. The van der Waals surface area contributed by atoms with E-state index in [1.165, 1.54) is 0 Å². The minimum absolute atomic E-state index is 0.180. The zero-order chi connectivity index (χ0) is 13.5. The van der Waals surface area contributed by atoms with Crippen LogP contribution in [0, 0.1) is 0 Å². The standard InChI is InChI=1S/C13H15ClN4O/c14-8-4-3-5-9-10(8)17-12(16-9)18-11(19)13(15)6-1-2-7-13/h3-5H,1-2,6-7,15H2,(H2,16,17,18,19). The van der Waals surface area contributed by atoms with Crippen LogP contribution in [0.25, 0.3) is 11.0 Å². The zero-order valence-electron chi connectivity index (χ0n) is 10.4. The molecule has 1 amide bonds. The molecule has 1 saturated carbocycles. The number of aromatic amines is 1. The van der Waals surface area contributed by atoms with Gasteiger partial charge in [-0.2, -0.15) is 0 Å². The Labute approximate surface area is 115 Å². The molecule has 1 heterocycles. The summed E-state index contributed by atoms with van der Waals surface area (Å²) in [4.78, 5) is 19.5. The first-order valence-corrected chi connectivity index (χ1v) is 6.71. The number of carbonyl (C=O) groups is 1. The Morgan fingerprint density at radius 1 is 1.42 bits per heavy atom. The summed E-state index contributed by atoms with van der Waals surface area (Å²) in [6, 6.07) is 5.45. The first kappa shape index (κ1) is 12.4. The van der Waals surface area contributed by atoms with E-state index in [9.17, 15) is 4.79 Å². The van der Waals surface area contributed by atoms with Gasteiger partial charge in [0.05, 0.1) is 16.1 Å². The van der Waals surface area contributed by atoms with Crippen molar-refractivity contribution in [1.82, 2.24) is 9.97 Å². The van der Waals surface area contributed by atoms with Crippen LogP contribution in [-0.2, 0) is 4.79 Å². The molecule has 0 bridgehead atoms. The minimum atomic E-state index is -0.761. The van der Waals surface area contributed by atoms with E-state index < -0.39 is 5.54 Å². The van der Waals surface area contributed by atoms with Crippen molar-refractivity contribution in [3.63, 3.8) is 0 Å². The van der Waals surface area contributed by atoms with Gasteiger partial charge in [-0.1, -0.05) is 30.5 Å². The maximum absolute atomic E-state index is 12.2. The van der Waals surface area contributed by atoms with Crippen LogP contribution in [0.15, 0.2) is 18.2 Å². The van der Waals surface area contributed by atoms with Crippen molar-refractivity contribution in [2.24, 2.45) is 5.73 Å². The smallest absolute Gasteiger partial charge is 0.246 e. The highest BCUT2D eigenvalue weighted by molar-refractivity contribution is 6.35. The fourth-order valence-electron chi connectivity index (χ4n) is 2.52. The summed E-state index contributed by atoms with van der Waals surface area (Å²) in [6.45, 7) is 0. The van der Waals surface area contributed by atoms with E-state index in [0.717, 1.165) is 31.2 Å². The molecule has 0 aliphatic heterocycles. The quantitative estimate of drug-likeness (QED) is 0.789. The van der Waals surface area contributed by atoms with Crippen LogP contribution >= 0.6 is 11.6 Å². The lowest BCUT2D eigenvalue weighted by molar-refractivity contribution is -0.121. The third-order valence-electron chi connectivity index (χ3n) is 3.64. The van der Waals surface area contributed by atoms with E-state index in [1.54, 1.807) is 6.07 Å². The highest BCUT2D eigenvalue weighted by Crippen LogP contribution is 2.29. The van der Waals surface area contributed by atoms with Crippen LogP contribution in [-0.4, -0.2) is 21.4 Å². The highest BCUT2D eigenvalue weighted by atomic mass is 35.5. The molecule has 0 saturated heterocycles. The van der Waals surface area contributed by atoms with Gasteiger partial charge in [-0.3, -0.25) is 10.1 Å². The van der Waals surface area contributed by atoms with Crippen LogP contribution in [0.5, 0.6) is 0 Å². The summed E-state index contributed by atoms with van der Waals surface area (Å²) in [5, 5.41) is 3.31. The predicted octanol–water partition coefficient (Wildman–Crippen LogP) is 2.43. The number of rotatable bonds is 2. The van der Waals surface area contributed by atoms with Gasteiger partial charge in [-0.15, -0.1) is 0 Å². The number of nitrogens with two attached hydrogens (primary N) is 1. The minimum Gasteiger partial charge on any atom is -0.324 e. The third-order valence-corrected chi connectivity index (χ3v) is 3.95. The third kappa shape index (κ3) is 2.19. The normalized spacial score (nSPS) is 17.8. The van der Waals surface area contributed by atoms with Crippen molar-refractivity contribution in [2.45, 2.75) is 31.2 Å². The van der Waals surface area contributed by atoms with Crippen LogP contribution in [0.4, 0.5) is 5.95 Å². The first-order valence-electron chi connectivity index (χ1n) is 6.33. The van der Waals surface area contributed by atoms with E-state index in [0.29, 0.717) is 16.5 Å². The maximum atomic E-state index is 12.2. The van der Waals surface area contributed by atoms with Gasteiger partial charge in [0.2, 0.25) is 11.9 Å². The summed E-state index contributed by atoms with van der Waals surface area (Å²) < 4.78 is 0. The lowest BCUT2D eigenvalue weighted by atomic mass is 9.98. The van der Waals surface area contributed by atoms with Gasteiger partial charge < -0.3 is 10.7 Å². The Morgan fingerprint density at radius 2 is 2.16 bits per heavy atom. The molecule has 1 aliphatic rings. The molecule has 0 unspecified atom stereocenters. The molecule has 1 aromatic carbocycles. The molecule has 1 fully saturated rings. The Kier molecular flexibility index (Phi) is 2.95. The summed E-state index contributed by atoms with van der Waals surface area (Å²) in [5.41, 5.74) is 6.78. The summed E-state index contributed by atoms with van der Waals surface area (Å²) in [7, 11) is 0.